The molecule has 5 nitrogen and oxygen atoms in total. The van der Waals surface area contributed by atoms with E-state index in [1.54, 1.807) is 0 Å². The fourth-order valence-corrected chi connectivity index (χ4v) is 5.26. The summed E-state index contributed by atoms with van der Waals surface area (Å²) in [5.74, 6) is -0.139. The minimum Gasteiger partial charge on any atom is -0.352 e. The molecule has 28 heavy (non-hydrogen) atoms. The maximum atomic E-state index is 12.7. The molecule has 1 fully saturated rings. The average Bonchev–Trinajstić information content (AvgIpc) is 2.68. The van der Waals surface area contributed by atoms with Crippen molar-refractivity contribution >= 4 is 31.9 Å². The third-order valence-corrected chi connectivity index (χ3v) is 7.41. The number of nitrogens with zero attached hydrogens (tertiary/aromatic N) is 1. The number of nitrogens with one attached hydrogen (secondary N) is 1. The van der Waals surface area contributed by atoms with E-state index in [-0.39, 0.29) is 17.6 Å². The maximum Gasteiger partial charge on any atom is 0.223 e. The summed E-state index contributed by atoms with van der Waals surface area (Å²) in [5.41, 5.74) is 3.00. The molecule has 0 atom stereocenters. The summed E-state index contributed by atoms with van der Waals surface area (Å²) in [5, 5.41) is 2.98. The van der Waals surface area contributed by atoms with Crippen LogP contribution in [-0.2, 0) is 27.1 Å². The lowest BCUT2D eigenvalue weighted by atomic mass is 9.97. The van der Waals surface area contributed by atoms with Crippen LogP contribution >= 0.6 is 15.9 Å². The summed E-state index contributed by atoms with van der Waals surface area (Å²) in [4.78, 5) is 12.5. The van der Waals surface area contributed by atoms with Crippen LogP contribution in [0.3, 0.4) is 0 Å². The van der Waals surface area contributed by atoms with E-state index in [1.807, 2.05) is 49.4 Å². The van der Waals surface area contributed by atoms with E-state index in [0.29, 0.717) is 32.5 Å². The Labute approximate surface area is 175 Å². The van der Waals surface area contributed by atoms with Gasteiger partial charge in [0.05, 0.1) is 5.75 Å². The SMILES string of the molecule is Cc1cccc(CNC(=O)C2CCN(S(=O)(=O)Cc3ccc(Br)cc3)CC2)c1. The minimum atomic E-state index is -3.37. The fraction of sp³-hybridized carbons (Fsp3) is 0.381. The molecule has 2 aromatic rings. The van der Waals surface area contributed by atoms with Crippen LogP contribution < -0.4 is 5.32 Å². The van der Waals surface area contributed by atoms with E-state index in [2.05, 4.69) is 27.3 Å². The van der Waals surface area contributed by atoms with Crippen LogP contribution in [0.4, 0.5) is 0 Å². The number of hydrogen-bond acceptors (Lipinski definition) is 3. The second-order valence-electron chi connectivity index (χ2n) is 7.26. The smallest absolute Gasteiger partial charge is 0.223 e. The molecular weight excluding hydrogens is 440 g/mol. The van der Waals surface area contributed by atoms with Gasteiger partial charge in [-0.25, -0.2) is 12.7 Å². The van der Waals surface area contributed by atoms with E-state index in [0.717, 1.165) is 21.2 Å². The van der Waals surface area contributed by atoms with Gasteiger partial charge in [-0.05, 0) is 43.0 Å². The highest BCUT2D eigenvalue weighted by atomic mass is 79.9. The lowest BCUT2D eigenvalue weighted by Crippen LogP contribution is -2.43. The first kappa shape index (κ1) is 21.0. The van der Waals surface area contributed by atoms with Crippen molar-refractivity contribution in [1.82, 2.24) is 9.62 Å². The van der Waals surface area contributed by atoms with Crippen molar-refractivity contribution in [3.8, 4) is 0 Å². The van der Waals surface area contributed by atoms with E-state index < -0.39 is 10.0 Å². The Morgan fingerprint density at radius 1 is 1.11 bits per heavy atom. The van der Waals surface area contributed by atoms with Gasteiger partial charge in [-0.2, -0.15) is 0 Å². The molecule has 7 heteroatoms. The van der Waals surface area contributed by atoms with Crippen LogP contribution in [0.2, 0.25) is 0 Å². The van der Waals surface area contributed by atoms with E-state index in [9.17, 15) is 13.2 Å². The third-order valence-electron chi connectivity index (χ3n) is 5.03. The zero-order valence-electron chi connectivity index (χ0n) is 15.9. The number of amides is 1. The van der Waals surface area contributed by atoms with Gasteiger partial charge in [0, 0.05) is 30.0 Å². The minimum absolute atomic E-state index is 0.00598. The molecule has 2 aromatic carbocycles. The van der Waals surface area contributed by atoms with Gasteiger partial charge in [0.15, 0.2) is 0 Å². The Balaban J connectivity index is 1.50. The number of carbonyl (C=O) groups is 1. The van der Waals surface area contributed by atoms with Crippen molar-refractivity contribution in [1.29, 1.82) is 0 Å². The van der Waals surface area contributed by atoms with Crippen LogP contribution in [0.25, 0.3) is 0 Å². The molecule has 0 saturated carbocycles. The largest absolute Gasteiger partial charge is 0.352 e. The normalized spacial score (nSPS) is 16.1. The second-order valence-corrected chi connectivity index (χ2v) is 10.1. The Morgan fingerprint density at radius 2 is 1.79 bits per heavy atom. The number of piperidine rings is 1. The van der Waals surface area contributed by atoms with Gasteiger partial charge in [0.2, 0.25) is 15.9 Å². The van der Waals surface area contributed by atoms with E-state index in [4.69, 9.17) is 0 Å². The summed E-state index contributed by atoms with van der Waals surface area (Å²) in [6.45, 7) is 3.31. The summed E-state index contributed by atoms with van der Waals surface area (Å²) >= 11 is 3.36. The fourth-order valence-electron chi connectivity index (χ4n) is 3.43. The summed E-state index contributed by atoms with van der Waals surface area (Å²) in [6, 6.07) is 15.4. The number of carbonyl (C=O) groups excluding carboxylic acids is 1. The van der Waals surface area contributed by atoms with Crippen LogP contribution in [-0.4, -0.2) is 31.7 Å². The van der Waals surface area contributed by atoms with Gasteiger partial charge in [0.25, 0.3) is 0 Å². The first-order chi connectivity index (χ1) is 13.3. The molecule has 0 aliphatic carbocycles. The maximum absolute atomic E-state index is 12.7. The highest BCUT2D eigenvalue weighted by Gasteiger charge is 2.31. The van der Waals surface area contributed by atoms with Crippen LogP contribution in [0.1, 0.15) is 29.5 Å². The van der Waals surface area contributed by atoms with Crippen molar-refractivity contribution in [3.63, 3.8) is 0 Å². The molecule has 1 aliphatic heterocycles. The first-order valence-corrected chi connectivity index (χ1v) is 11.8. The van der Waals surface area contributed by atoms with Crippen molar-refractivity contribution < 1.29 is 13.2 Å². The molecular formula is C21H25BrN2O3S. The molecule has 150 valence electrons. The molecule has 3 rings (SSSR count). The predicted octanol–water partition coefficient (Wildman–Crippen LogP) is 3.62. The topological polar surface area (TPSA) is 66.5 Å². The Bertz CT molecular complexity index is 921. The number of sulfonamides is 1. The number of halogens is 1. The summed E-state index contributed by atoms with van der Waals surface area (Å²) in [6.07, 6.45) is 1.11. The Kier molecular flexibility index (Phi) is 6.91. The van der Waals surface area contributed by atoms with Gasteiger partial charge in [-0.15, -0.1) is 0 Å². The molecule has 0 unspecified atom stereocenters. The molecule has 1 amide bonds. The van der Waals surface area contributed by atoms with Gasteiger partial charge >= 0.3 is 0 Å². The molecule has 1 aliphatic rings. The highest BCUT2D eigenvalue weighted by molar-refractivity contribution is 9.10. The van der Waals surface area contributed by atoms with E-state index >= 15 is 0 Å². The molecule has 0 radical (unpaired) electrons. The number of hydrogen-bond donors (Lipinski definition) is 1. The summed E-state index contributed by atoms with van der Waals surface area (Å²) in [7, 11) is -3.37. The van der Waals surface area contributed by atoms with E-state index in [1.165, 1.54) is 4.31 Å². The first-order valence-electron chi connectivity index (χ1n) is 9.39. The standard InChI is InChI=1S/C21H25BrN2O3S/c1-16-3-2-4-18(13-16)14-23-21(25)19-9-11-24(12-10-19)28(26,27)15-17-5-7-20(22)8-6-17/h2-8,13,19H,9-12,14-15H2,1H3,(H,23,25). The molecule has 1 N–H and O–H groups in total. The predicted molar refractivity (Wildman–Crippen MR) is 114 cm³/mol. The summed E-state index contributed by atoms with van der Waals surface area (Å²) < 4.78 is 27.8. The Morgan fingerprint density at radius 3 is 2.43 bits per heavy atom. The number of aryl methyl sites for hydroxylation is 1. The lowest BCUT2D eigenvalue weighted by Gasteiger charge is -2.30. The van der Waals surface area contributed by atoms with Gasteiger partial charge in [-0.3, -0.25) is 4.79 Å². The van der Waals surface area contributed by atoms with Crippen LogP contribution in [0.15, 0.2) is 53.0 Å². The van der Waals surface area contributed by atoms with Crippen molar-refractivity contribution in [2.24, 2.45) is 5.92 Å². The average molecular weight is 465 g/mol. The highest BCUT2D eigenvalue weighted by Crippen LogP contribution is 2.22. The number of rotatable bonds is 6. The van der Waals surface area contributed by atoms with Crippen LogP contribution in [0, 0.1) is 12.8 Å². The van der Waals surface area contributed by atoms with Crippen molar-refractivity contribution in [2.75, 3.05) is 13.1 Å². The second kappa shape index (κ2) is 9.20. The molecule has 1 heterocycles. The molecule has 0 aromatic heterocycles. The third kappa shape index (κ3) is 5.65. The molecule has 0 spiro atoms. The van der Waals surface area contributed by atoms with Crippen molar-refractivity contribution in [3.05, 3.63) is 69.7 Å². The quantitative estimate of drug-likeness (QED) is 0.709. The van der Waals surface area contributed by atoms with Crippen LogP contribution in [0.5, 0.6) is 0 Å². The molecule has 0 bridgehead atoms. The lowest BCUT2D eigenvalue weighted by molar-refractivity contribution is -0.126. The Hall–Kier alpha value is -1.70. The monoisotopic (exact) mass is 464 g/mol. The zero-order chi connectivity index (χ0) is 20.1. The molecule has 1 saturated heterocycles. The van der Waals surface area contributed by atoms with Gasteiger partial charge < -0.3 is 5.32 Å². The zero-order valence-corrected chi connectivity index (χ0v) is 18.3. The number of benzene rings is 2. The van der Waals surface area contributed by atoms with Gasteiger partial charge in [0.1, 0.15) is 0 Å². The van der Waals surface area contributed by atoms with Crippen molar-refractivity contribution in [2.45, 2.75) is 32.1 Å². The van der Waals surface area contributed by atoms with Gasteiger partial charge in [-0.1, -0.05) is 57.9 Å².